The van der Waals surface area contributed by atoms with Crippen molar-refractivity contribution >= 4 is 23.2 Å². The van der Waals surface area contributed by atoms with Crippen LogP contribution in [0.15, 0.2) is 32.5 Å². The summed E-state index contributed by atoms with van der Waals surface area (Å²) < 4.78 is 10.6. The van der Waals surface area contributed by atoms with E-state index in [9.17, 15) is 9.90 Å². The summed E-state index contributed by atoms with van der Waals surface area (Å²) in [5.74, 6) is -0.251. The van der Waals surface area contributed by atoms with Crippen LogP contribution < -0.4 is 20.2 Å². The lowest BCUT2D eigenvalue weighted by molar-refractivity contribution is -0.742. The summed E-state index contributed by atoms with van der Waals surface area (Å²) in [5, 5.41) is 14.4. The second kappa shape index (κ2) is 5.15. The van der Waals surface area contributed by atoms with Gasteiger partial charge >= 0.3 is 11.3 Å². The molecule has 0 aliphatic rings. The predicted molar refractivity (Wildman–Crippen MR) is 64.7 cm³/mol. The average Bonchev–Trinajstić information content (AvgIpc) is 2.69. The molecule has 0 aliphatic heterocycles. The third kappa shape index (κ3) is 2.60. The van der Waals surface area contributed by atoms with Crippen molar-refractivity contribution in [3.63, 3.8) is 0 Å². The van der Waals surface area contributed by atoms with Crippen molar-refractivity contribution in [1.29, 1.82) is 0 Å². The summed E-state index contributed by atoms with van der Waals surface area (Å²) in [6.45, 7) is 0. The Labute approximate surface area is 112 Å². The Hall–Kier alpha value is -2.28. The Bertz CT molecular complexity index is 689. The number of hydrogen-bond donors (Lipinski definition) is 1. The molecule has 1 N–H and O–H groups in total. The van der Waals surface area contributed by atoms with Gasteiger partial charge in [-0.2, -0.15) is 0 Å². The fourth-order valence-corrected chi connectivity index (χ4v) is 1.72. The first-order valence-electron chi connectivity index (χ1n) is 5.20. The van der Waals surface area contributed by atoms with E-state index in [1.807, 2.05) is 0 Å². The number of ether oxygens (including phenoxy) is 1. The molecule has 0 saturated carbocycles. The summed E-state index contributed by atoms with van der Waals surface area (Å²) in [6.07, 6.45) is 0. The van der Waals surface area contributed by atoms with E-state index in [4.69, 9.17) is 16.3 Å². The maximum atomic E-state index is 11.8. The minimum atomic E-state index is -0.782. The first-order valence-corrected chi connectivity index (χ1v) is 5.58. The van der Waals surface area contributed by atoms with Crippen molar-refractivity contribution in [3.05, 3.63) is 39.3 Å². The molecule has 7 nitrogen and oxygen atoms in total. The highest BCUT2D eigenvalue weighted by molar-refractivity contribution is 6.32. The third-order valence-corrected chi connectivity index (χ3v) is 2.67. The van der Waals surface area contributed by atoms with Crippen molar-refractivity contribution in [3.8, 4) is 5.75 Å². The number of aromatic nitrogens is 2. The van der Waals surface area contributed by atoms with Crippen molar-refractivity contribution in [2.24, 2.45) is 12.0 Å². The number of H-pyrrole nitrogens is 1. The van der Waals surface area contributed by atoms with Gasteiger partial charge in [-0.1, -0.05) is 16.3 Å². The molecule has 0 bridgehead atoms. The summed E-state index contributed by atoms with van der Waals surface area (Å²) in [5.41, 5.74) is -0.667. The van der Waals surface area contributed by atoms with Crippen LogP contribution in [0.4, 0.5) is 5.69 Å². The predicted octanol–water partition coefficient (Wildman–Crippen LogP) is -0.107. The van der Waals surface area contributed by atoms with Crippen LogP contribution in [0.1, 0.15) is 5.69 Å². The van der Waals surface area contributed by atoms with Crippen LogP contribution >= 0.6 is 11.6 Å². The molecule has 0 radical (unpaired) electrons. The van der Waals surface area contributed by atoms with E-state index >= 15 is 0 Å². The number of aliphatic imine (C=N–C) groups is 1. The van der Waals surface area contributed by atoms with Gasteiger partial charge in [0.2, 0.25) is 0 Å². The Morgan fingerprint density at radius 1 is 1.58 bits per heavy atom. The van der Waals surface area contributed by atoms with Crippen molar-refractivity contribution in [1.82, 2.24) is 5.27 Å². The maximum absolute atomic E-state index is 11.8. The normalized spacial score (nSPS) is 11.6. The molecule has 100 valence electrons. The number of nitrogens with one attached hydrogen (secondary N) is 1. The van der Waals surface area contributed by atoms with Gasteiger partial charge in [-0.15, -0.1) is 0 Å². The molecule has 0 saturated heterocycles. The van der Waals surface area contributed by atoms with E-state index in [1.165, 1.54) is 20.2 Å². The van der Waals surface area contributed by atoms with Gasteiger partial charge in [-0.25, -0.2) is 4.79 Å². The van der Waals surface area contributed by atoms with E-state index in [0.717, 1.165) is 4.68 Å². The van der Waals surface area contributed by atoms with Gasteiger partial charge in [0.25, 0.3) is 0 Å². The molecule has 0 unspecified atom stereocenters. The molecule has 1 aromatic carbocycles. The van der Waals surface area contributed by atoms with E-state index in [-0.39, 0.29) is 5.69 Å². The van der Waals surface area contributed by atoms with Gasteiger partial charge in [0.15, 0.2) is 7.05 Å². The lowest BCUT2D eigenvalue weighted by atomic mass is 10.3. The smallest absolute Gasteiger partial charge is 0.435 e. The zero-order chi connectivity index (χ0) is 14.0. The summed E-state index contributed by atoms with van der Waals surface area (Å²) in [7, 11) is 2.95. The number of aryl methyl sites for hydroxylation is 1. The zero-order valence-electron chi connectivity index (χ0n) is 10.1. The second-order valence-corrected chi connectivity index (χ2v) is 4.03. The molecule has 0 atom stereocenters. The first-order chi connectivity index (χ1) is 9.02. The van der Waals surface area contributed by atoms with Crippen molar-refractivity contribution in [2.75, 3.05) is 7.11 Å². The fourth-order valence-electron chi connectivity index (χ4n) is 1.47. The van der Waals surface area contributed by atoms with Gasteiger partial charge in [0.05, 0.1) is 23.7 Å². The largest absolute Gasteiger partial charge is 0.854 e. The van der Waals surface area contributed by atoms with Crippen LogP contribution in [0, 0.1) is 0 Å². The van der Waals surface area contributed by atoms with E-state index in [1.54, 1.807) is 12.1 Å². The molecule has 0 aliphatic carbocycles. The number of nitrogens with zero attached hydrogens (tertiary/aromatic N) is 2. The third-order valence-electron chi connectivity index (χ3n) is 2.37. The van der Waals surface area contributed by atoms with Crippen LogP contribution in [-0.2, 0) is 7.05 Å². The lowest BCUT2D eigenvalue weighted by Gasteiger charge is -2.06. The minimum absolute atomic E-state index is 0.202. The molecule has 0 amide bonds. The molecule has 2 rings (SSSR count). The van der Waals surface area contributed by atoms with E-state index in [0.29, 0.717) is 16.5 Å². The molecule has 0 spiro atoms. The highest BCUT2D eigenvalue weighted by Gasteiger charge is 2.17. The molecular weight excluding hydrogens is 274 g/mol. The van der Waals surface area contributed by atoms with E-state index < -0.39 is 11.5 Å². The monoisotopic (exact) mass is 283 g/mol. The van der Waals surface area contributed by atoms with Gasteiger partial charge in [0.1, 0.15) is 5.75 Å². The number of aromatic amines is 1. The van der Waals surface area contributed by atoms with Crippen LogP contribution in [-0.4, -0.2) is 18.3 Å². The molecule has 2 aromatic rings. The van der Waals surface area contributed by atoms with Crippen LogP contribution in [0.2, 0.25) is 5.02 Å². The SMILES string of the molecule is COc1ccc(N=C([O-])c2c(=O)o[nH][n+]2C)cc1Cl. The number of halogens is 1. The molecule has 0 fully saturated rings. The number of methoxy groups -OCH3 is 1. The molecule has 8 heteroatoms. The molecule has 19 heavy (non-hydrogen) atoms. The zero-order valence-corrected chi connectivity index (χ0v) is 10.9. The van der Waals surface area contributed by atoms with Crippen molar-refractivity contribution in [2.45, 2.75) is 0 Å². The van der Waals surface area contributed by atoms with Gasteiger partial charge in [-0.3, -0.25) is 9.52 Å². The highest BCUT2D eigenvalue weighted by Crippen LogP contribution is 2.28. The van der Waals surface area contributed by atoms with Crippen LogP contribution in [0.3, 0.4) is 0 Å². The number of hydrogen-bond acceptors (Lipinski definition) is 5. The second-order valence-electron chi connectivity index (χ2n) is 3.62. The standard InChI is InChI=1S/C11H10ClN3O4/c1-15-9(11(17)19-14-15)10(16)13-6-3-4-8(18-2)7(12)5-6/h3-5H,1-2H3,(H-,13,14,16,17). The Morgan fingerprint density at radius 2 is 2.32 bits per heavy atom. The quantitative estimate of drug-likeness (QED) is 0.483. The fraction of sp³-hybridized carbons (Fsp3) is 0.182. The minimum Gasteiger partial charge on any atom is -0.854 e. The number of rotatable bonds is 3. The molecular formula is C11H10ClN3O4. The maximum Gasteiger partial charge on any atom is 0.435 e. The lowest BCUT2D eigenvalue weighted by Crippen LogP contribution is -2.43. The van der Waals surface area contributed by atoms with Gasteiger partial charge in [0, 0.05) is 0 Å². The Kier molecular flexibility index (Phi) is 3.57. The van der Waals surface area contributed by atoms with Gasteiger partial charge in [-0.05, 0) is 23.5 Å². The van der Waals surface area contributed by atoms with Gasteiger partial charge < -0.3 is 9.84 Å². The first kappa shape index (κ1) is 13.2. The topological polar surface area (TPSA) is 94.5 Å². The van der Waals surface area contributed by atoms with Crippen LogP contribution in [0.5, 0.6) is 5.75 Å². The molecule has 1 heterocycles. The summed E-state index contributed by atoms with van der Waals surface area (Å²) in [6, 6.07) is 4.59. The average molecular weight is 284 g/mol. The Morgan fingerprint density at radius 3 is 2.84 bits per heavy atom. The van der Waals surface area contributed by atoms with Crippen molar-refractivity contribution < 1.29 is 19.0 Å². The number of benzene rings is 1. The summed E-state index contributed by atoms with van der Waals surface area (Å²) >= 11 is 5.91. The summed E-state index contributed by atoms with van der Waals surface area (Å²) in [4.78, 5) is 15.1. The van der Waals surface area contributed by atoms with Crippen LogP contribution in [0.25, 0.3) is 0 Å². The molecule has 1 aromatic heterocycles. The Balaban J connectivity index is 2.41. The highest BCUT2D eigenvalue weighted by atomic mass is 35.5. The van der Waals surface area contributed by atoms with E-state index in [2.05, 4.69) is 14.8 Å².